The highest BCUT2D eigenvalue weighted by Crippen LogP contribution is 2.35. The van der Waals surface area contributed by atoms with Gasteiger partial charge in [-0.05, 0) is 46.6 Å². The minimum Gasteiger partial charge on any atom is -0.493 e. The summed E-state index contributed by atoms with van der Waals surface area (Å²) in [6.07, 6.45) is 0. The molecular formula is C17H17BrO5. The molecule has 0 bridgehead atoms. The molecule has 2 rings (SSSR count). The maximum absolute atomic E-state index is 12.5. The van der Waals surface area contributed by atoms with E-state index in [9.17, 15) is 4.79 Å². The number of carbonyl (C=O) groups is 1. The molecule has 5 nitrogen and oxygen atoms in total. The van der Waals surface area contributed by atoms with Gasteiger partial charge in [-0.15, -0.1) is 0 Å². The number of carbonyl (C=O) groups excluding carboxylic acids is 1. The second-order valence-electron chi connectivity index (χ2n) is 4.68. The van der Waals surface area contributed by atoms with Gasteiger partial charge < -0.3 is 18.9 Å². The Labute approximate surface area is 143 Å². The van der Waals surface area contributed by atoms with E-state index in [0.29, 0.717) is 33.0 Å². The molecular weight excluding hydrogens is 364 g/mol. The number of aryl methyl sites for hydroxylation is 1. The molecule has 0 aliphatic rings. The lowest BCUT2D eigenvalue weighted by molar-refractivity contribution is 0.0728. The van der Waals surface area contributed by atoms with Crippen LogP contribution in [0.5, 0.6) is 23.0 Å². The van der Waals surface area contributed by atoms with Gasteiger partial charge in [0, 0.05) is 4.47 Å². The molecule has 2 aromatic rings. The predicted octanol–water partition coefficient (Wildman–Crippen LogP) is 4.00. The minimum atomic E-state index is -0.526. The van der Waals surface area contributed by atoms with Crippen molar-refractivity contribution in [3.8, 4) is 23.0 Å². The van der Waals surface area contributed by atoms with Gasteiger partial charge in [0.2, 0.25) is 0 Å². The smallest absolute Gasteiger partial charge is 0.344 e. The Hall–Kier alpha value is -2.21. The molecule has 0 heterocycles. The van der Waals surface area contributed by atoms with Gasteiger partial charge >= 0.3 is 5.97 Å². The van der Waals surface area contributed by atoms with Crippen molar-refractivity contribution in [2.24, 2.45) is 0 Å². The van der Waals surface area contributed by atoms with Gasteiger partial charge in [0.1, 0.15) is 0 Å². The molecule has 0 saturated heterocycles. The van der Waals surface area contributed by atoms with Crippen molar-refractivity contribution in [2.45, 2.75) is 6.92 Å². The first-order chi connectivity index (χ1) is 11.0. The first-order valence-electron chi connectivity index (χ1n) is 6.79. The van der Waals surface area contributed by atoms with Crippen LogP contribution in [0, 0.1) is 6.92 Å². The monoisotopic (exact) mass is 380 g/mol. The SMILES string of the molecule is COc1cc(Br)c(C(=O)Oc2cccc(C)c2OC)cc1OC. The molecule has 0 saturated carbocycles. The minimum absolute atomic E-state index is 0.325. The van der Waals surface area contributed by atoms with Gasteiger partial charge in [-0.3, -0.25) is 0 Å². The van der Waals surface area contributed by atoms with Crippen LogP contribution in [0.4, 0.5) is 0 Å². The summed E-state index contributed by atoms with van der Waals surface area (Å²) >= 11 is 3.35. The molecule has 0 atom stereocenters. The molecule has 6 heteroatoms. The largest absolute Gasteiger partial charge is 0.493 e. The molecule has 0 aromatic heterocycles. The first kappa shape index (κ1) is 17.1. The fourth-order valence-electron chi connectivity index (χ4n) is 2.13. The van der Waals surface area contributed by atoms with Gasteiger partial charge in [-0.2, -0.15) is 0 Å². The van der Waals surface area contributed by atoms with Crippen molar-refractivity contribution in [3.05, 3.63) is 45.9 Å². The van der Waals surface area contributed by atoms with Crippen molar-refractivity contribution in [1.82, 2.24) is 0 Å². The molecule has 0 N–H and O–H groups in total. The highest BCUT2D eigenvalue weighted by atomic mass is 79.9. The zero-order valence-corrected chi connectivity index (χ0v) is 14.9. The fourth-order valence-corrected chi connectivity index (χ4v) is 2.62. The Balaban J connectivity index is 2.37. The zero-order chi connectivity index (χ0) is 17.0. The molecule has 0 unspecified atom stereocenters. The molecule has 122 valence electrons. The summed E-state index contributed by atoms with van der Waals surface area (Å²) in [6, 6.07) is 8.57. The van der Waals surface area contributed by atoms with Crippen LogP contribution < -0.4 is 18.9 Å². The highest BCUT2D eigenvalue weighted by molar-refractivity contribution is 9.10. The lowest BCUT2D eigenvalue weighted by atomic mass is 10.2. The van der Waals surface area contributed by atoms with Gasteiger partial charge in [-0.25, -0.2) is 4.79 Å². The number of hydrogen-bond donors (Lipinski definition) is 0. The van der Waals surface area contributed by atoms with Crippen molar-refractivity contribution in [2.75, 3.05) is 21.3 Å². The van der Waals surface area contributed by atoms with Crippen LogP contribution >= 0.6 is 15.9 Å². The second kappa shape index (κ2) is 7.37. The van der Waals surface area contributed by atoms with Crippen molar-refractivity contribution in [1.29, 1.82) is 0 Å². The standard InChI is InChI=1S/C17H17BrO5/c1-10-6-5-7-13(16(10)22-4)23-17(19)11-8-14(20-2)15(21-3)9-12(11)18/h5-9H,1-4H3. The van der Waals surface area contributed by atoms with Gasteiger partial charge in [-0.1, -0.05) is 12.1 Å². The number of para-hydroxylation sites is 1. The van der Waals surface area contributed by atoms with Crippen LogP contribution in [-0.4, -0.2) is 27.3 Å². The number of rotatable bonds is 5. The second-order valence-corrected chi connectivity index (χ2v) is 5.54. The Morgan fingerprint density at radius 1 is 0.957 bits per heavy atom. The van der Waals surface area contributed by atoms with Gasteiger partial charge in [0.25, 0.3) is 0 Å². The third-order valence-electron chi connectivity index (χ3n) is 3.28. The Kier molecular flexibility index (Phi) is 5.50. The average molecular weight is 381 g/mol. The fraction of sp³-hybridized carbons (Fsp3) is 0.235. The molecule has 0 aliphatic heterocycles. The predicted molar refractivity (Wildman–Crippen MR) is 89.9 cm³/mol. The van der Waals surface area contributed by atoms with Crippen LogP contribution in [-0.2, 0) is 0 Å². The van der Waals surface area contributed by atoms with E-state index in [4.69, 9.17) is 18.9 Å². The van der Waals surface area contributed by atoms with Crippen molar-refractivity contribution in [3.63, 3.8) is 0 Å². The molecule has 0 radical (unpaired) electrons. The first-order valence-corrected chi connectivity index (χ1v) is 7.58. The molecule has 0 fully saturated rings. The van der Waals surface area contributed by atoms with E-state index in [1.54, 1.807) is 24.3 Å². The molecule has 23 heavy (non-hydrogen) atoms. The Bertz CT molecular complexity index is 727. The van der Waals surface area contributed by atoms with Gasteiger partial charge in [0.15, 0.2) is 23.0 Å². The van der Waals surface area contributed by atoms with Crippen molar-refractivity contribution >= 4 is 21.9 Å². The highest BCUT2D eigenvalue weighted by Gasteiger charge is 2.19. The Morgan fingerprint density at radius 3 is 2.22 bits per heavy atom. The molecule has 0 aliphatic carbocycles. The van der Waals surface area contributed by atoms with Crippen molar-refractivity contribution < 1.29 is 23.7 Å². The lowest BCUT2D eigenvalue weighted by Crippen LogP contribution is -2.11. The number of halogens is 1. The third-order valence-corrected chi connectivity index (χ3v) is 3.93. The third kappa shape index (κ3) is 3.59. The van der Waals surface area contributed by atoms with Crippen LogP contribution in [0.25, 0.3) is 0 Å². The summed E-state index contributed by atoms with van der Waals surface area (Å²) < 4.78 is 21.7. The molecule has 0 spiro atoms. The maximum atomic E-state index is 12.5. The summed E-state index contributed by atoms with van der Waals surface area (Å²) in [6.45, 7) is 1.88. The average Bonchev–Trinajstić information content (AvgIpc) is 2.54. The molecule has 0 amide bonds. The number of ether oxygens (including phenoxy) is 4. The van der Waals surface area contributed by atoms with E-state index in [1.165, 1.54) is 21.3 Å². The van der Waals surface area contributed by atoms with E-state index in [1.807, 2.05) is 13.0 Å². The number of hydrogen-bond acceptors (Lipinski definition) is 5. The zero-order valence-electron chi connectivity index (χ0n) is 13.3. The van der Waals surface area contributed by atoms with E-state index < -0.39 is 5.97 Å². The van der Waals surface area contributed by atoms with Crippen LogP contribution in [0.15, 0.2) is 34.8 Å². The van der Waals surface area contributed by atoms with Crippen LogP contribution in [0.1, 0.15) is 15.9 Å². The number of benzene rings is 2. The quantitative estimate of drug-likeness (QED) is 0.579. The summed E-state index contributed by atoms with van der Waals surface area (Å²) in [7, 11) is 4.57. The summed E-state index contributed by atoms with van der Waals surface area (Å²) in [5.74, 6) is 1.32. The van der Waals surface area contributed by atoms with Gasteiger partial charge in [0.05, 0.1) is 26.9 Å². The summed E-state index contributed by atoms with van der Waals surface area (Å²) in [4.78, 5) is 12.5. The van der Waals surface area contributed by atoms with E-state index in [0.717, 1.165) is 5.56 Å². The Morgan fingerprint density at radius 2 is 1.61 bits per heavy atom. The van der Waals surface area contributed by atoms with E-state index in [-0.39, 0.29) is 0 Å². The lowest BCUT2D eigenvalue weighted by Gasteiger charge is -2.13. The summed E-state index contributed by atoms with van der Waals surface area (Å²) in [5, 5.41) is 0. The number of esters is 1. The van der Waals surface area contributed by atoms with E-state index in [2.05, 4.69) is 15.9 Å². The molecule has 2 aromatic carbocycles. The topological polar surface area (TPSA) is 54.0 Å². The van der Waals surface area contributed by atoms with Crippen LogP contribution in [0.3, 0.4) is 0 Å². The van der Waals surface area contributed by atoms with E-state index >= 15 is 0 Å². The van der Waals surface area contributed by atoms with Crippen LogP contribution in [0.2, 0.25) is 0 Å². The summed E-state index contributed by atoms with van der Waals surface area (Å²) in [5.41, 5.74) is 1.20. The normalized spacial score (nSPS) is 10.1. The number of methoxy groups -OCH3 is 3. The maximum Gasteiger partial charge on any atom is 0.344 e.